The van der Waals surface area contributed by atoms with Crippen molar-refractivity contribution in [1.82, 2.24) is 10.4 Å². The van der Waals surface area contributed by atoms with Gasteiger partial charge in [0.1, 0.15) is 11.6 Å². The Labute approximate surface area is 179 Å². The lowest BCUT2D eigenvalue weighted by atomic mass is 10.0. The lowest BCUT2D eigenvalue weighted by Gasteiger charge is -2.10. The number of methoxy groups -OCH3 is 1. The molecule has 1 amide bonds. The van der Waals surface area contributed by atoms with Gasteiger partial charge in [0.15, 0.2) is 0 Å². The van der Waals surface area contributed by atoms with Crippen molar-refractivity contribution in [2.24, 2.45) is 5.10 Å². The first-order valence-corrected chi connectivity index (χ1v) is 9.70. The fourth-order valence-electron chi connectivity index (χ4n) is 3.24. The van der Waals surface area contributed by atoms with Crippen LogP contribution in [0.2, 0.25) is 0 Å². The first-order chi connectivity index (χ1) is 15.0. The molecule has 0 aliphatic heterocycles. The van der Waals surface area contributed by atoms with E-state index in [1.165, 1.54) is 12.1 Å². The number of hydrogen-bond acceptors (Lipinski definition) is 4. The molecule has 0 fully saturated rings. The minimum atomic E-state index is -0.357. The smallest absolute Gasteiger partial charge is 0.272 e. The number of carbonyl (C=O) groups is 1. The number of fused-ring (bicyclic) bond motifs is 1. The summed E-state index contributed by atoms with van der Waals surface area (Å²) in [5, 5.41) is 4.97. The summed E-state index contributed by atoms with van der Waals surface area (Å²) in [4.78, 5) is 17.7. The molecule has 0 atom stereocenters. The summed E-state index contributed by atoms with van der Waals surface area (Å²) < 4.78 is 18.6. The Morgan fingerprint density at radius 2 is 1.77 bits per heavy atom. The van der Waals surface area contributed by atoms with Gasteiger partial charge in [0.05, 0.1) is 29.6 Å². The molecule has 3 aromatic carbocycles. The standard InChI is InChI=1S/C25H20FN3O2/c1-16(18-6-5-7-20(14-18)31-2)28-29-25(30)22-15-24(17-10-12-19(26)13-11-17)27-23-9-4-3-8-21(22)23/h3-15H,1-2H3,(H,29,30)/b28-16-. The second-order valence-corrected chi connectivity index (χ2v) is 6.95. The highest BCUT2D eigenvalue weighted by molar-refractivity contribution is 6.08. The Kier molecular flexibility index (Phi) is 5.71. The number of rotatable bonds is 5. The van der Waals surface area contributed by atoms with E-state index in [2.05, 4.69) is 15.5 Å². The Morgan fingerprint density at radius 1 is 1.00 bits per heavy atom. The predicted molar refractivity (Wildman–Crippen MR) is 120 cm³/mol. The second kappa shape index (κ2) is 8.75. The van der Waals surface area contributed by atoms with E-state index in [0.717, 1.165) is 11.1 Å². The molecule has 154 valence electrons. The number of hydrogen-bond donors (Lipinski definition) is 1. The fraction of sp³-hybridized carbons (Fsp3) is 0.0800. The zero-order chi connectivity index (χ0) is 21.8. The first-order valence-electron chi connectivity index (χ1n) is 9.70. The normalized spacial score (nSPS) is 11.4. The van der Waals surface area contributed by atoms with Gasteiger partial charge in [-0.15, -0.1) is 0 Å². The third-order valence-corrected chi connectivity index (χ3v) is 4.91. The van der Waals surface area contributed by atoms with Gasteiger partial charge in [-0.05, 0) is 55.5 Å². The maximum atomic E-state index is 13.3. The molecule has 6 heteroatoms. The van der Waals surface area contributed by atoms with Crippen LogP contribution in [0, 0.1) is 5.82 Å². The second-order valence-electron chi connectivity index (χ2n) is 6.95. The summed E-state index contributed by atoms with van der Waals surface area (Å²) in [6.07, 6.45) is 0. The van der Waals surface area contributed by atoms with Gasteiger partial charge >= 0.3 is 0 Å². The molecule has 0 saturated carbocycles. The molecule has 0 bridgehead atoms. The molecular weight excluding hydrogens is 393 g/mol. The summed E-state index contributed by atoms with van der Waals surface area (Å²) in [5.74, 6) is 0.0245. The minimum Gasteiger partial charge on any atom is -0.497 e. The van der Waals surface area contributed by atoms with Crippen LogP contribution in [0.1, 0.15) is 22.8 Å². The zero-order valence-electron chi connectivity index (χ0n) is 17.1. The highest BCUT2D eigenvalue weighted by Crippen LogP contribution is 2.25. The Balaban J connectivity index is 1.69. The maximum Gasteiger partial charge on any atom is 0.272 e. The number of benzene rings is 3. The number of carbonyl (C=O) groups excluding carboxylic acids is 1. The summed E-state index contributed by atoms with van der Waals surface area (Å²) in [6.45, 7) is 1.81. The monoisotopic (exact) mass is 413 g/mol. The number of nitrogens with zero attached hydrogens (tertiary/aromatic N) is 2. The van der Waals surface area contributed by atoms with Crippen molar-refractivity contribution in [2.45, 2.75) is 6.92 Å². The fourth-order valence-corrected chi connectivity index (χ4v) is 3.24. The highest BCUT2D eigenvalue weighted by atomic mass is 19.1. The molecule has 0 saturated heterocycles. The lowest BCUT2D eigenvalue weighted by molar-refractivity contribution is 0.0956. The van der Waals surface area contributed by atoms with E-state index < -0.39 is 0 Å². The van der Waals surface area contributed by atoms with Crippen molar-refractivity contribution in [2.75, 3.05) is 7.11 Å². The summed E-state index contributed by atoms with van der Waals surface area (Å²) >= 11 is 0. The molecule has 1 N–H and O–H groups in total. The van der Waals surface area contributed by atoms with Crippen molar-refractivity contribution < 1.29 is 13.9 Å². The van der Waals surface area contributed by atoms with Gasteiger partial charge in [-0.25, -0.2) is 14.8 Å². The third kappa shape index (κ3) is 4.43. The quantitative estimate of drug-likeness (QED) is 0.361. The Hall–Kier alpha value is -4.06. The SMILES string of the molecule is COc1cccc(/C(C)=N\NC(=O)c2cc(-c3ccc(F)cc3)nc3ccccc23)c1. The van der Waals surface area contributed by atoms with Crippen LogP contribution in [-0.2, 0) is 0 Å². The largest absolute Gasteiger partial charge is 0.497 e. The van der Waals surface area contributed by atoms with Gasteiger partial charge in [-0.1, -0.05) is 30.3 Å². The van der Waals surface area contributed by atoms with Crippen molar-refractivity contribution in [1.29, 1.82) is 0 Å². The van der Waals surface area contributed by atoms with Crippen molar-refractivity contribution in [3.8, 4) is 17.0 Å². The van der Waals surface area contributed by atoms with Crippen LogP contribution in [0.15, 0.2) is 84.0 Å². The highest BCUT2D eigenvalue weighted by Gasteiger charge is 2.14. The molecule has 0 aliphatic rings. The molecule has 0 unspecified atom stereocenters. The number of halogens is 1. The number of ether oxygens (including phenoxy) is 1. The van der Waals surface area contributed by atoms with Gasteiger partial charge in [-0.2, -0.15) is 5.10 Å². The lowest BCUT2D eigenvalue weighted by Crippen LogP contribution is -2.20. The molecule has 0 spiro atoms. The van der Waals surface area contributed by atoms with E-state index in [9.17, 15) is 9.18 Å². The number of amides is 1. The first kappa shape index (κ1) is 20.2. The van der Waals surface area contributed by atoms with Gasteiger partial charge < -0.3 is 4.74 Å². The molecule has 0 radical (unpaired) electrons. The van der Waals surface area contributed by atoms with Crippen LogP contribution >= 0.6 is 0 Å². The molecule has 1 aromatic heterocycles. The van der Waals surface area contributed by atoms with E-state index >= 15 is 0 Å². The zero-order valence-corrected chi connectivity index (χ0v) is 17.1. The maximum absolute atomic E-state index is 13.3. The summed E-state index contributed by atoms with van der Waals surface area (Å²) in [7, 11) is 1.60. The van der Waals surface area contributed by atoms with Crippen LogP contribution in [0.25, 0.3) is 22.2 Å². The van der Waals surface area contributed by atoms with Gasteiger partial charge in [0.25, 0.3) is 5.91 Å². The number of aromatic nitrogens is 1. The number of nitrogens with one attached hydrogen (secondary N) is 1. The molecule has 4 rings (SSSR count). The molecule has 1 heterocycles. The Bertz CT molecular complexity index is 1280. The predicted octanol–water partition coefficient (Wildman–Crippen LogP) is 5.20. The minimum absolute atomic E-state index is 0.329. The van der Waals surface area contributed by atoms with Gasteiger partial charge in [-0.3, -0.25) is 4.79 Å². The van der Waals surface area contributed by atoms with E-state index in [-0.39, 0.29) is 11.7 Å². The molecule has 31 heavy (non-hydrogen) atoms. The molecule has 4 aromatic rings. The van der Waals surface area contributed by atoms with Crippen molar-refractivity contribution in [3.05, 3.63) is 95.8 Å². The summed E-state index contributed by atoms with van der Waals surface area (Å²) in [6, 6.07) is 22.5. The van der Waals surface area contributed by atoms with Crippen LogP contribution in [0.3, 0.4) is 0 Å². The Morgan fingerprint density at radius 3 is 2.55 bits per heavy atom. The van der Waals surface area contributed by atoms with E-state index in [1.54, 1.807) is 25.3 Å². The van der Waals surface area contributed by atoms with Crippen molar-refractivity contribution >= 4 is 22.5 Å². The third-order valence-electron chi connectivity index (χ3n) is 4.91. The summed E-state index contributed by atoms with van der Waals surface area (Å²) in [5.41, 5.74) is 6.52. The molecular formula is C25H20FN3O2. The van der Waals surface area contributed by atoms with E-state index in [1.807, 2.05) is 55.5 Å². The van der Waals surface area contributed by atoms with Crippen LogP contribution in [0.5, 0.6) is 5.75 Å². The van der Waals surface area contributed by atoms with Crippen molar-refractivity contribution in [3.63, 3.8) is 0 Å². The number of para-hydroxylation sites is 1. The van der Waals surface area contributed by atoms with Gasteiger partial charge in [0, 0.05) is 16.5 Å². The van der Waals surface area contributed by atoms with Gasteiger partial charge in [0.2, 0.25) is 0 Å². The van der Waals surface area contributed by atoms with Crippen LogP contribution in [0.4, 0.5) is 4.39 Å². The molecule has 0 aliphatic carbocycles. The van der Waals surface area contributed by atoms with Crippen LogP contribution < -0.4 is 10.2 Å². The average molecular weight is 413 g/mol. The van der Waals surface area contributed by atoms with Crippen LogP contribution in [-0.4, -0.2) is 23.7 Å². The average Bonchev–Trinajstić information content (AvgIpc) is 2.82. The van der Waals surface area contributed by atoms with E-state index in [4.69, 9.17) is 4.74 Å². The number of pyridine rings is 1. The van der Waals surface area contributed by atoms with E-state index in [0.29, 0.717) is 33.6 Å². The topological polar surface area (TPSA) is 63.6 Å². The molecule has 5 nitrogen and oxygen atoms in total. The number of hydrazone groups is 1.